The Morgan fingerprint density at radius 1 is 0.806 bits per heavy atom. The molecule has 8 atom stereocenters. The summed E-state index contributed by atoms with van der Waals surface area (Å²) in [4.78, 5) is 0. The highest BCUT2D eigenvalue weighted by Gasteiger charge is 2.64. The maximum Gasteiger partial charge on any atom is 0.417 e. The molecule has 2 N–H and O–H groups in total. The van der Waals surface area contributed by atoms with E-state index in [1.165, 1.54) is 25.7 Å². The number of aliphatic hydroxyl groups is 2. The van der Waals surface area contributed by atoms with E-state index in [4.69, 9.17) is 4.74 Å². The van der Waals surface area contributed by atoms with Crippen molar-refractivity contribution < 1.29 is 28.1 Å². The predicted octanol–water partition coefficient (Wildman–Crippen LogP) is 7.43. The number of ether oxygens (including phenoxy) is 1. The SMILES string of the molecule is CO[C@H]1CC[C@@](O)(CCC[C@@H]2CC[C@H]3[C@@H]4CC[C@H]5C[C@](O)(C(F)(F)F)CC[C@]5(C)[C@H]4CC[C@]23C)CC1. The Bertz CT molecular complexity index is 793. The second-order valence-corrected chi connectivity index (χ2v) is 14.3. The van der Waals surface area contributed by atoms with Crippen LogP contribution in [0.25, 0.3) is 0 Å². The van der Waals surface area contributed by atoms with E-state index < -0.39 is 17.4 Å². The lowest BCUT2D eigenvalue weighted by atomic mass is 9.43. The first-order valence-corrected chi connectivity index (χ1v) is 14.9. The second-order valence-electron chi connectivity index (χ2n) is 14.3. The molecular weight excluding hydrogens is 465 g/mol. The lowest BCUT2D eigenvalue weighted by Gasteiger charge is -2.62. The van der Waals surface area contributed by atoms with E-state index in [1.54, 1.807) is 7.11 Å². The highest BCUT2D eigenvalue weighted by atomic mass is 19.4. The number of methoxy groups -OCH3 is 1. The van der Waals surface area contributed by atoms with Gasteiger partial charge in [-0.2, -0.15) is 13.2 Å². The fourth-order valence-electron chi connectivity index (χ4n) is 10.4. The fraction of sp³-hybridized carbons (Fsp3) is 1.00. The van der Waals surface area contributed by atoms with Crippen molar-refractivity contribution in [2.24, 2.45) is 40.4 Å². The van der Waals surface area contributed by atoms with Crippen molar-refractivity contribution in [1.29, 1.82) is 0 Å². The van der Waals surface area contributed by atoms with E-state index >= 15 is 0 Å². The van der Waals surface area contributed by atoms with E-state index in [-0.39, 0.29) is 24.2 Å². The number of rotatable bonds is 5. The van der Waals surface area contributed by atoms with Gasteiger partial charge >= 0.3 is 6.18 Å². The summed E-state index contributed by atoms with van der Waals surface area (Å²) < 4.78 is 46.3. The third kappa shape index (κ3) is 4.47. The molecule has 208 valence electrons. The summed E-state index contributed by atoms with van der Waals surface area (Å²) in [5.41, 5.74) is -2.73. The van der Waals surface area contributed by atoms with Gasteiger partial charge in [0.2, 0.25) is 0 Å². The number of halogens is 3. The molecule has 5 aliphatic carbocycles. The minimum absolute atomic E-state index is 0.0189. The van der Waals surface area contributed by atoms with Gasteiger partial charge in [-0.25, -0.2) is 0 Å². The van der Waals surface area contributed by atoms with Gasteiger partial charge in [0, 0.05) is 7.11 Å². The summed E-state index contributed by atoms with van der Waals surface area (Å²) in [6, 6.07) is 0. The van der Waals surface area contributed by atoms with Crippen LogP contribution in [0, 0.1) is 40.4 Å². The van der Waals surface area contributed by atoms with Crippen LogP contribution >= 0.6 is 0 Å². The Morgan fingerprint density at radius 2 is 1.50 bits per heavy atom. The molecule has 5 saturated carbocycles. The van der Waals surface area contributed by atoms with Gasteiger partial charge < -0.3 is 14.9 Å². The molecule has 5 rings (SSSR count). The van der Waals surface area contributed by atoms with Gasteiger partial charge in [-0.1, -0.05) is 20.3 Å². The minimum Gasteiger partial charge on any atom is -0.390 e. The Kier molecular flexibility index (Phi) is 7.11. The summed E-state index contributed by atoms with van der Waals surface area (Å²) in [5.74, 6) is 2.50. The van der Waals surface area contributed by atoms with E-state index in [0.717, 1.165) is 57.8 Å². The van der Waals surface area contributed by atoms with Crippen molar-refractivity contribution in [2.45, 2.75) is 140 Å². The molecule has 0 amide bonds. The Morgan fingerprint density at radius 3 is 2.17 bits per heavy atom. The molecule has 5 aliphatic rings. The maximum absolute atomic E-state index is 13.6. The van der Waals surface area contributed by atoms with Gasteiger partial charge in [-0.15, -0.1) is 0 Å². The van der Waals surface area contributed by atoms with Crippen LogP contribution in [0.5, 0.6) is 0 Å². The molecule has 5 fully saturated rings. The number of alkyl halides is 3. The Labute approximate surface area is 215 Å². The average molecular weight is 515 g/mol. The molecule has 0 aromatic heterocycles. The summed E-state index contributed by atoms with van der Waals surface area (Å²) >= 11 is 0. The topological polar surface area (TPSA) is 49.7 Å². The van der Waals surface area contributed by atoms with Gasteiger partial charge in [0.1, 0.15) is 0 Å². The molecule has 0 bridgehead atoms. The Balaban J connectivity index is 1.20. The van der Waals surface area contributed by atoms with Gasteiger partial charge in [0.05, 0.1) is 11.7 Å². The summed E-state index contributed by atoms with van der Waals surface area (Å²) in [5, 5.41) is 21.5. The molecule has 36 heavy (non-hydrogen) atoms. The normalized spacial score (nSPS) is 51.3. The predicted molar refractivity (Wildman–Crippen MR) is 134 cm³/mol. The van der Waals surface area contributed by atoms with Crippen LogP contribution in [0.4, 0.5) is 13.2 Å². The first-order valence-electron chi connectivity index (χ1n) is 14.9. The van der Waals surface area contributed by atoms with Crippen molar-refractivity contribution >= 4 is 0 Å². The zero-order valence-corrected chi connectivity index (χ0v) is 22.7. The molecule has 6 heteroatoms. The number of hydrogen-bond acceptors (Lipinski definition) is 3. The third-order valence-corrected chi connectivity index (χ3v) is 12.8. The van der Waals surface area contributed by atoms with Crippen molar-refractivity contribution in [2.75, 3.05) is 7.11 Å². The quantitative estimate of drug-likeness (QED) is 0.401. The monoisotopic (exact) mass is 514 g/mol. The summed E-state index contributed by atoms with van der Waals surface area (Å²) in [7, 11) is 1.77. The lowest BCUT2D eigenvalue weighted by molar-refractivity contribution is -0.290. The Hall–Kier alpha value is -0.330. The highest BCUT2D eigenvalue weighted by molar-refractivity contribution is 5.11. The van der Waals surface area contributed by atoms with Gasteiger partial charge in [0.15, 0.2) is 5.60 Å². The lowest BCUT2D eigenvalue weighted by Crippen LogP contribution is -2.59. The van der Waals surface area contributed by atoms with Crippen LogP contribution < -0.4 is 0 Å². The van der Waals surface area contributed by atoms with Crippen LogP contribution in [0.1, 0.15) is 117 Å². The molecule has 0 aromatic rings. The van der Waals surface area contributed by atoms with Crippen LogP contribution in [0.2, 0.25) is 0 Å². The molecular formula is C30H49F3O3. The second kappa shape index (κ2) is 9.40. The van der Waals surface area contributed by atoms with Crippen LogP contribution in [0.3, 0.4) is 0 Å². The smallest absolute Gasteiger partial charge is 0.390 e. The molecule has 0 spiro atoms. The van der Waals surface area contributed by atoms with Gasteiger partial charge in [-0.05, 0) is 137 Å². The van der Waals surface area contributed by atoms with E-state index in [9.17, 15) is 23.4 Å². The summed E-state index contributed by atoms with van der Waals surface area (Å²) in [6.07, 6.45) is 9.56. The molecule has 0 saturated heterocycles. The maximum atomic E-state index is 13.6. The molecule has 0 aliphatic heterocycles. The molecule has 0 heterocycles. The highest BCUT2D eigenvalue weighted by Crippen LogP contribution is 2.69. The standard InChI is InChI=1S/C30H49F3O3/c1-26-14-12-25-23(8-6-21-19-29(35,30(31,32)33)18-17-27(21,25)2)24(26)9-7-20(26)5-4-13-28(34)15-10-22(36-3)11-16-28/h20-25,34-35H,4-19H2,1-3H3/t20-,21+,22-,23+,24+,25+,26-,27+,28-,29+/m1/s1. The number of hydrogen-bond donors (Lipinski definition) is 2. The first-order chi connectivity index (χ1) is 16.8. The van der Waals surface area contributed by atoms with Crippen LogP contribution in [-0.2, 0) is 4.74 Å². The van der Waals surface area contributed by atoms with E-state index in [1.807, 2.05) is 0 Å². The van der Waals surface area contributed by atoms with Crippen LogP contribution in [-0.4, -0.2) is 40.8 Å². The first kappa shape index (κ1) is 27.2. The van der Waals surface area contributed by atoms with Gasteiger partial charge in [0.25, 0.3) is 0 Å². The van der Waals surface area contributed by atoms with Crippen molar-refractivity contribution in [1.82, 2.24) is 0 Å². The minimum atomic E-state index is -4.52. The third-order valence-electron chi connectivity index (χ3n) is 12.8. The molecule has 3 nitrogen and oxygen atoms in total. The van der Waals surface area contributed by atoms with Crippen molar-refractivity contribution in [3.63, 3.8) is 0 Å². The van der Waals surface area contributed by atoms with Crippen molar-refractivity contribution in [3.05, 3.63) is 0 Å². The van der Waals surface area contributed by atoms with E-state index in [2.05, 4.69) is 13.8 Å². The van der Waals surface area contributed by atoms with Crippen LogP contribution in [0.15, 0.2) is 0 Å². The van der Waals surface area contributed by atoms with Crippen molar-refractivity contribution in [3.8, 4) is 0 Å². The average Bonchev–Trinajstić information content (AvgIpc) is 3.16. The number of fused-ring (bicyclic) bond motifs is 5. The molecule has 0 unspecified atom stereocenters. The summed E-state index contributed by atoms with van der Waals surface area (Å²) in [6.45, 7) is 4.78. The zero-order valence-electron chi connectivity index (χ0n) is 22.7. The largest absolute Gasteiger partial charge is 0.417 e. The molecule has 0 aromatic carbocycles. The fourth-order valence-corrected chi connectivity index (χ4v) is 10.4. The molecule has 0 radical (unpaired) electrons. The van der Waals surface area contributed by atoms with Gasteiger partial charge in [-0.3, -0.25) is 0 Å². The zero-order chi connectivity index (χ0) is 26.0. The van der Waals surface area contributed by atoms with E-state index in [0.29, 0.717) is 41.6 Å².